The van der Waals surface area contributed by atoms with Crippen LogP contribution in [0.5, 0.6) is 0 Å². The van der Waals surface area contributed by atoms with Gasteiger partial charge in [0.25, 0.3) is 0 Å². The maximum absolute atomic E-state index is 11.6. The first-order valence-corrected chi connectivity index (χ1v) is 6.91. The molecule has 1 unspecified atom stereocenters. The number of fused-ring (bicyclic) bond motifs is 1. The molecule has 19 heavy (non-hydrogen) atoms. The van der Waals surface area contributed by atoms with E-state index in [2.05, 4.69) is 30.4 Å². The molecule has 0 aromatic heterocycles. The number of likely N-dealkylation sites (N-methyl/N-ethyl adjacent to an activating group) is 1. The van der Waals surface area contributed by atoms with Gasteiger partial charge in [-0.1, -0.05) is 19.1 Å². The predicted molar refractivity (Wildman–Crippen MR) is 78.3 cm³/mol. The van der Waals surface area contributed by atoms with Crippen molar-refractivity contribution in [3.63, 3.8) is 0 Å². The normalized spacial score (nSPS) is 15.7. The Balaban J connectivity index is 1.86. The molecule has 0 bridgehead atoms. The van der Waals surface area contributed by atoms with Gasteiger partial charge < -0.3 is 16.0 Å². The molecular formula is C15H23N3O. The Morgan fingerprint density at radius 1 is 1.47 bits per heavy atom. The highest BCUT2D eigenvalue weighted by atomic mass is 16.2. The third-order valence-corrected chi connectivity index (χ3v) is 3.71. The van der Waals surface area contributed by atoms with Gasteiger partial charge in [0, 0.05) is 12.7 Å². The van der Waals surface area contributed by atoms with E-state index < -0.39 is 0 Å². The number of benzene rings is 1. The second-order valence-electron chi connectivity index (χ2n) is 5.39. The van der Waals surface area contributed by atoms with Crippen LogP contribution < -0.4 is 16.0 Å². The molecule has 1 aliphatic heterocycles. The maximum atomic E-state index is 11.6. The summed E-state index contributed by atoms with van der Waals surface area (Å²) in [5, 5.41) is 3.41. The molecule has 1 aromatic rings. The molecule has 1 atom stereocenters. The zero-order valence-electron chi connectivity index (χ0n) is 11.8. The highest BCUT2D eigenvalue weighted by Gasteiger charge is 2.23. The molecule has 4 nitrogen and oxygen atoms in total. The third-order valence-electron chi connectivity index (χ3n) is 3.71. The largest absolute Gasteiger partial charge is 0.330 e. The Labute approximate surface area is 115 Å². The fourth-order valence-electron chi connectivity index (χ4n) is 2.34. The summed E-state index contributed by atoms with van der Waals surface area (Å²) >= 11 is 0. The Morgan fingerprint density at radius 3 is 3.00 bits per heavy atom. The van der Waals surface area contributed by atoms with Gasteiger partial charge in [-0.2, -0.15) is 0 Å². The van der Waals surface area contributed by atoms with E-state index in [-0.39, 0.29) is 5.91 Å². The summed E-state index contributed by atoms with van der Waals surface area (Å²) in [6.45, 7) is 4.78. The van der Waals surface area contributed by atoms with E-state index in [0.29, 0.717) is 12.3 Å². The standard InChI is InChI=1S/C15H23N3O/c1-11(9-16)10-17-6-5-12-3-4-14-13(7-12)8-15(19)18(14)2/h3-4,7,11,17H,5-6,8-10,16H2,1-2H3. The molecular weight excluding hydrogens is 238 g/mol. The van der Waals surface area contributed by atoms with E-state index in [1.165, 1.54) is 5.56 Å². The van der Waals surface area contributed by atoms with Crippen molar-refractivity contribution in [3.05, 3.63) is 29.3 Å². The first kappa shape index (κ1) is 14.0. The predicted octanol–water partition coefficient (Wildman–Crippen LogP) is 0.932. The number of hydrogen-bond acceptors (Lipinski definition) is 3. The Morgan fingerprint density at radius 2 is 2.26 bits per heavy atom. The number of amides is 1. The van der Waals surface area contributed by atoms with Gasteiger partial charge in [0.15, 0.2) is 0 Å². The first-order chi connectivity index (χ1) is 9.11. The van der Waals surface area contributed by atoms with Crippen molar-refractivity contribution < 1.29 is 4.79 Å². The number of carbonyl (C=O) groups excluding carboxylic acids is 1. The highest BCUT2D eigenvalue weighted by Crippen LogP contribution is 2.28. The highest BCUT2D eigenvalue weighted by molar-refractivity contribution is 6.00. The quantitative estimate of drug-likeness (QED) is 0.749. The van der Waals surface area contributed by atoms with Gasteiger partial charge >= 0.3 is 0 Å². The van der Waals surface area contributed by atoms with E-state index in [0.717, 1.165) is 37.3 Å². The Bertz CT molecular complexity index is 459. The van der Waals surface area contributed by atoms with Crippen molar-refractivity contribution in [2.24, 2.45) is 11.7 Å². The summed E-state index contributed by atoms with van der Waals surface area (Å²) < 4.78 is 0. The summed E-state index contributed by atoms with van der Waals surface area (Å²) in [6, 6.07) is 6.32. The van der Waals surface area contributed by atoms with Crippen LogP contribution in [0.15, 0.2) is 18.2 Å². The summed E-state index contributed by atoms with van der Waals surface area (Å²) in [5.74, 6) is 0.702. The molecule has 1 amide bonds. The molecule has 0 fully saturated rings. The van der Waals surface area contributed by atoms with Gasteiger partial charge in [-0.15, -0.1) is 0 Å². The number of nitrogens with one attached hydrogen (secondary N) is 1. The van der Waals surface area contributed by atoms with E-state index in [9.17, 15) is 4.79 Å². The number of carbonyl (C=O) groups is 1. The van der Waals surface area contributed by atoms with Gasteiger partial charge in [0.05, 0.1) is 6.42 Å². The van der Waals surface area contributed by atoms with E-state index in [4.69, 9.17) is 5.73 Å². The zero-order chi connectivity index (χ0) is 13.8. The fourth-order valence-corrected chi connectivity index (χ4v) is 2.34. The minimum absolute atomic E-state index is 0.182. The van der Waals surface area contributed by atoms with Crippen LogP contribution in [0.4, 0.5) is 5.69 Å². The molecule has 4 heteroatoms. The second-order valence-corrected chi connectivity index (χ2v) is 5.39. The third kappa shape index (κ3) is 3.33. The number of nitrogens with two attached hydrogens (primary N) is 1. The van der Waals surface area contributed by atoms with E-state index in [1.807, 2.05) is 7.05 Å². The molecule has 3 N–H and O–H groups in total. The summed E-state index contributed by atoms with van der Waals surface area (Å²) in [6.07, 6.45) is 1.53. The van der Waals surface area contributed by atoms with Crippen molar-refractivity contribution in [2.75, 3.05) is 31.6 Å². The van der Waals surface area contributed by atoms with Crippen LogP contribution in [0.25, 0.3) is 0 Å². The Hall–Kier alpha value is -1.39. The molecule has 2 rings (SSSR count). The number of anilines is 1. The van der Waals surface area contributed by atoms with Crippen molar-refractivity contribution in [1.29, 1.82) is 0 Å². The lowest BCUT2D eigenvalue weighted by Crippen LogP contribution is -2.27. The average Bonchev–Trinajstić information content (AvgIpc) is 2.69. The summed E-state index contributed by atoms with van der Waals surface area (Å²) in [7, 11) is 1.84. The van der Waals surface area contributed by atoms with Crippen molar-refractivity contribution in [2.45, 2.75) is 19.8 Å². The molecule has 0 radical (unpaired) electrons. The molecule has 0 saturated heterocycles. The lowest BCUT2D eigenvalue weighted by Gasteiger charge is -2.12. The second kappa shape index (κ2) is 6.17. The molecule has 1 heterocycles. The van der Waals surface area contributed by atoms with Crippen molar-refractivity contribution in [1.82, 2.24) is 5.32 Å². The van der Waals surface area contributed by atoms with Crippen LogP contribution in [-0.4, -0.2) is 32.6 Å². The zero-order valence-corrected chi connectivity index (χ0v) is 11.8. The van der Waals surface area contributed by atoms with Crippen LogP contribution >= 0.6 is 0 Å². The minimum Gasteiger partial charge on any atom is -0.330 e. The van der Waals surface area contributed by atoms with Crippen LogP contribution in [0, 0.1) is 5.92 Å². The van der Waals surface area contributed by atoms with E-state index in [1.54, 1.807) is 4.90 Å². The number of rotatable bonds is 6. The summed E-state index contributed by atoms with van der Waals surface area (Å²) in [4.78, 5) is 13.3. The smallest absolute Gasteiger partial charge is 0.231 e. The first-order valence-electron chi connectivity index (χ1n) is 6.91. The topological polar surface area (TPSA) is 58.4 Å². The van der Waals surface area contributed by atoms with Crippen molar-refractivity contribution >= 4 is 11.6 Å². The number of nitrogens with zero attached hydrogens (tertiary/aromatic N) is 1. The van der Waals surface area contributed by atoms with Crippen molar-refractivity contribution in [3.8, 4) is 0 Å². The molecule has 0 spiro atoms. The fraction of sp³-hybridized carbons (Fsp3) is 0.533. The lowest BCUT2D eigenvalue weighted by molar-refractivity contribution is -0.117. The molecule has 0 aliphatic carbocycles. The molecule has 1 aromatic carbocycles. The lowest BCUT2D eigenvalue weighted by atomic mass is 10.1. The van der Waals surface area contributed by atoms with Crippen LogP contribution in [0.1, 0.15) is 18.1 Å². The molecule has 104 valence electrons. The van der Waals surface area contributed by atoms with E-state index >= 15 is 0 Å². The molecule has 1 aliphatic rings. The van der Waals surface area contributed by atoms with Gasteiger partial charge in [-0.05, 0) is 49.2 Å². The maximum Gasteiger partial charge on any atom is 0.231 e. The minimum atomic E-state index is 0.182. The van der Waals surface area contributed by atoms with Crippen LogP contribution in [-0.2, 0) is 17.6 Å². The van der Waals surface area contributed by atoms with Gasteiger partial charge in [0.2, 0.25) is 5.91 Å². The van der Waals surface area contributed by atoms with Gasteiger partial charge in [-0.3, -0.25) is 4.79 Å². The molecule has 0 saturated carbocycles. The monoisotopic (exact) mass is 261 g/mol. The van der Waals surface area contributed by atoms with Gasteiger partial charge in [-0.25, -0.2) is 0 Å². The number of hydrogen-bond donors (Lipinski definition) is 2. The average molecular weight is 261 g/mol. The SMILES string of the molecule is CC(CN)CNCCc1ccc2c(c1)CC(=O)N2C. The van der Waals surface area contributed by atoms with Gasteiger partial charge in [0.1, 0.15) is 0 Å². The Kier molecular flexibility index (Phi) is 4.56. The van der Waals surface area contributed by atoms with Crippen LogP contribution in [0.2, 0.25) is 0 Å². The van der Waals surface area contributed by atoms with Crippen LogP contribution in [0.3, 0.4) is 0 Å². The summed E-state index contributed by atoms with van der Waals surface area (Å²) in [5.41, 5.74) is 9.07.